The van der Waals surface area contributed by atoms with Crippen LogP contribution in [0, 0.1) is 18.2 Å². The first-order valence-corrected chi connectivity index (χ1v) is 12.4. The van der Waals surface area contributed by atoms with E-state index in [0.717, 1.165) is 30.5 Å². The predicted octanol–water partition coefficient (Wildman–Crippen LogP) is 6.87. The number of amides is 2. The number of aromatic nitrogens is 3. The van der Waals surface area contributed by atoms with Gasteiger partial charge in [0.05, 0.1) is 11.4 Å². The lowest BCUT2D eigenvalue weighted by molar-refractivity contribution is 0.257. The molecule has 0 radical (unpaired) electrons. The quantitative estimate of drug-likeness (QED) is 0.387. The van der Waals surface area contributed by atoms with Crippen molar-refractivity contribution in [2.75, 3.05) is 16.8 Å². The Labute approximate surface area is 201 Å². The molecule has 1 N–H and O–H groups in total. The van der Waals surface area contributed by atoms with Crippen molar-refractivity contribution in [2.24, 2.45) is 5.41 Å². The number of unbranched alkanes of at least 4 members (excludes halogenated alkanes) is 2. The summed E-state index contributed by atoms with van der Waals surface area (Å²) in [5.74, 6) is 0.633. The van der Waals surface area contributed by atoms with E-state index >= 15 is 0 Å². The average Bonchev–Trinajstić information content (AvgIpc) is 3.35. The van der Waals surface area contributed by atoms with E-state index < -0.39 is 5.82 Å². The summed E-state index contributed by atoms with van der Waals surface area (Å²) in [6.07, 6.45) is 11.8. The largest absolute Gasteiger partial charge is 0.327 e. The fourth-order valence-corrected chi connectivity index (χ4v) is 5.05. The number of anilines is 2. The predicted molar refractivity (Wildman–Crippen MR) is 135 cm³/mol. The van der Waals surface area contributed by atoms with Crippen LogP contribution in [-0.2, 0) is 6.42 Å². The zero-order chi connectivity index (χ0) is 24.5. The number of aryl methyl sites for hydroxylation is 1. The number of carbonyl (C=O) groups is 1. The standard InChI is InChI=1S/C27H36FN5O/c1-6-7-8-9-19(15-27(3,4)5)20-10-12-29-25-21(20)11-13-33(25)26(34)31-23-17-32-16-18(2)30-24(32)14-22(23)28/h10,12,14,16-17,19H,6-9,11,13,15H2,1-5H3,(H,31,34). The summed E-state index contributed by atoms with van der Waals surface area (Å²) in [6, 6.07) is 3.11. The van der Waals surface area contributed by atoms with E-state index in [0.29, 0.717) is 23.9 Å². The maximum Gasteiger partial charge on any atom is 0.327 e. The highest BCUT2D eigenvalue weighted by Crippen LogP contribution is 2.40. The zero-order valence-electron chi connectivity index (χ0n) is 21.0. The summed E-state index contributed by atoms with van der Waals surface area (Å²) in [6.45, 7) is 11.5. The third-order valence-corrected chi connectivity index (χ3v) is 6.51. The molecule has 1 aliphatic rings. The lowest BCUT2D eigenvalue weighted by Gasteiger charge is -2.28. The normalized spacial score (nSPS) is 14.5. The van der Waals surface area contributed by atoms with Gasteiger partial charge in [-0.05, 0) is 49.1 Å². The second kappa shape index (κ2) is 9.72. The van der Waals surface area contributed by atoms with Crippen molar-refractivity contribution >= 4 is 23.2 Å². The summed E-state index contributed by atoms with van der Waals surface area (Å²) in [5.41, 5.74) is 4.11. The Morgan fingerprint density at radius 3 is 2.79 bits per heavy atom. The van der Waals surface area contributed by atoms with Crippen LogP contribution in [0.15, 0.2) is 30.7 Å². The summed E-state index contributed by atoms with van der Waals surface area (Å²) in [5, 5.41) is 2.75. The fourth-order valence-electron chi connectivity index (χ4n) is 5.05. The molecule has 34 heavy (non-hydrogen) atoms. The summed E-state index contributed by atoms with van der Waals surface area (Å²) >= 11 is 0. The highest BCUT2D eigenvalue weighted by atomic mass is 19.1. The highest BCUT2D eigenvalue weighted by molar-refractivity contribution is 6.02. The molecular weight excluding hydrogens is 429 g/mol. The Morgan fingerprint density at radius 2 is 2.06 bits per heavy atom. The number of imidazole rings is 1. The van der Waals surface area contributed by atoms with Gasteiger partial charge in [-0.1, -0.05) is 47.0 Å². The fraction of sp³-hybridized carbons (Fsp3) is 0.519. The van der Waals surface area contributed by atoms with Crippen molar-refractivity contribution in [2.45, 2.75) is 79.1 Å². The lowest BCUT2D eigenvalue weighted by atomic mass is 9.78. The van der Waals surface area contributed by atoms with Gasteiger partial charge in [-0.2, -0.15) is 0 Å². The number of hydrogen-bond acceptors (Lipinski definition) is 3. The molecule has 7 heteroatoms. The van der Waals surface area contributed by atoms with Crippen LogP contribution < -0.4 is 10.2 Å². The molecule has 3 aromatic rings. The van der Waals surface area contributed by atoms with Gasteiger partial charge in [0.15, 0.2) is 5.82 Å². The number of urea groups is 1. The highest BCUT2D eigenvalue weighted by Gasteiger charge is 2.31. The van der Waals surface area contributed by atoms with E-state index in [9.17, 15) is 9.18 Å². The zero-order valence-corrected chi connectivity index (χ0v) is 21.0. The van der Waals surface area contributed by atoms with E-state index in [1.165, 1.54) is 30.9 Å². The molecule has 0 bridgehead atoms. The van der Waals surface area contributed by atoms with Crippen molar-refractivity contribution in [3.05, 3.63) is 53.4 Å². The number of halogens is 1. The molecule has 0 spiro atoms. The average molecular weight is 466 g/mol. The Kier molecular flexibility index (Phi) is 6.91. The van der Waals surface area contributed by atoms with Crippen molar-refractivity contribution in [1.82, 2.24) is 14.4 Å². The van der Waals surface area contributed by atoms with Crippen molar-refractivity contribution in [3.8, 4) is 0 Å². The van der Waals surface area contributed by atoms with Crippen LogP contribution in [0.2, 0.25) is 0 Å². The first-order chi connectivity index (χ1) is 16.2. The first-order valence-electron chi connectivity index (χ1n) is 12.4. The Hall–Kier alpha value is -2.96. The van der Waals surface area contributed by atoms with Gasteiger partial charge in [0, 0.05) is 36.8 Å². The van der Waals surface area contributed by atoms with Crippen molar-refractivity contribution in [3.63, 3.8) is 0 Å². The second-order valence-electron chi connectivity index (χ2n) is 10.7. The minimum Gasteiger partial charge on any atom is -0.305 e. The van der Waals surface area contributed by atoms with Crippen LogP contribution >= 0.6 is 0 Å². The van der Waals surface area contributed by atoms with Crippen LogP contribution in [0.25, 0.3) is 5.65 Å². The van der Waals surface area contributed by atoms with Gasteiger partial charge in [-0.3, -0.25) is 4.90 Å². The Balaban J connectivity index is 1.58. The maximum absolute atomic E-state index is 14.6. The molecule has 0 saturated carbocycles. The molecule has 0 fully saturated rings. The van der Waals surface area contributed by atoms with E-state index in [-0.39, 0.29) is 17.1 Å². The Morgan fingerprint density at radius 1 is 1.26 bits per heavy atom. The molecule has 4 heterocycles. The monoisotopic (exact) mass is 465 g/mol. The van der Waals surface area contributed by atoms with E-state index in [1.807, 2.05) is 13.1 Å². The van der Waals surface area contributed by atoms with Crippen molar-refractivity contribution in [1.29, 1.82) is 0 Å². The minimum atomic E-state index is -0.506. The van der Waals surface area contributed by atoms with E-state index in [2.05, 4.69) is 49.0 Å². The Bertz CT molecular complexity index is 1180. The molecule has 6 nitrogen and oxygen atoms in total. The van der Waals surface area contributed by atoms with E-state index in [1.54, 1.807) is 21.7 Å². The second-order valence-corrected chi connectivity index (χ2v) is 10.7. The third kappa shape index (κ3) is 5.24. The van der Waals surface area contributed by atoms with E-state index in [4.69, 9.17) is 0 Å². The molecule has 1 aliphatic heterocycles. The van der Waals surface area contributed by atoms with Crippen LogP contribution in [0.1, 0.15) is 82.5 Å². The molecule has 0 aliphatic carbocycles. The number of pyridine rings is 2. The molecule has 1 atom stereocenters. The van der Waals surface area contributed by atoms with Crippen LogP contribution in [0.4, 0.5) is 20.7 Å². The van der Waals surface area contributed by atoms with Gasteiger partial charge >= 0.3 is 6.03 Å². The number of carbonyl (C=O) groups excluding carboxylic acids is 1. The molecular formula is C27H36FN5O. The van der Waals surface area contributed by atoms with Gasteiger partial charge in [-0.25, -0.2) is 19.2 Å². The van der Waals surface area contributed by atoms with Gasteiger partial charge in [0.25, 0.3) is 0 Å². The van der Waals surface area contributed by atoms with Gasteiger partial charge in [0.1, 0.15) is 11.5 Å². The molecule has 1 unspecified atom stereocenters. The maximum atomic E-state index is 14.6. The summed E-state index contributed by atoms with van der Waals surface area (Å²) in [7, 11) is 0. The smallest absolute Gasteiger partial charge is 0.305 e. The number of fused-ring (bicyclic) bond motifs is 2. The van der Waals surface area contributed by atoms with Gasteiger partial charge in [-0.15, -0.1) is 0 Å². The van der Waals surface area contributed by atoms with Gasteiger partial charge in [0.2, 0.25) is 0 Å². The van der Waals surface area contributed by atoms with Gasteiger partial charge < -0.3 is 9.72 Å². The molecule has 0 saturated heterocycles. The topological polar surface area (TPSA) is 62.5 Å². The molecule has 2 amide bonds. The van der Waals surface area contributed by atoms with Crippen molar-refractivity contribution < 1.29 is 9.18 Å². The SMILES string of the molecule is CCCCCC(CC(C)(C)C)c1ccnc2c1CCN2C(=O)Nc1cn2cc(C)nc2cc1F. The third-order valence-electron chi connectivity index (χ3n) is 6.51. The molecule has 182 valence electrons. The van der Waals surface area contributed by atoms with Crippen LogP contribution in [0.3, 0.4) is 0 Å². The van der Waals surface area contributed by atoms with Crippen LogP contribution in [-0.4, -0.2) is 26.9 Å². The minimum absolute atomic E-state index is 0.129. The molecule has 4 rings (SSSR count). The summed E-state index contributed by atoms with van der Waals surface area (Å²) < 4.78 is 16.4. The number of hydrogen-bond donors (Lipinski definition) is 1. The molecule has 0 aromatic carbocycles. The number of rotatable bonds is 7. The number of nitrogens with one attached hydrogen (secondary N) is 1. The lowest BCUT2D eigenvalue weighted by Crippen LogP contribution is -2.34. The first kappa shape index (κ1) is 24.2. The number of nitrogens with zero attached hydrogens (tertiary/aromatic N) is 4. The molecule has 3 aromatic heterocycles. The van der Waals surface area contributed by atoms with Crippen LogP contribution in [0.5, 0.6) is 0 Å². The summed E-state index contributed by atoms with van der Waals surface area (Å²) in [4.78, 5) is 23.7.